The minimum atomic E-state index is -0.542. The lowest BCUT2D eigenvalue weighted by molar-refractivity contribution is -0.115. The van der Waals surface area contributed by atoms with Crippen molar-refractivity contribution in [2.24, 2.45) is 12.0 Å². The molecule has 0 radical (unpaired) electrons. The number of carbonyl (C=O) groups is 1. The minimum Gasteiger partial charge on any atom is -0.334 e. The van der Waals surface area contributed by atoms with Gasteiger partial charge in [0, 0.05) is 24.3 Å². The van der Waals surface area contributed by atoms with E-state index in [2.05, 4.69) is 27.3 Å². The lowest BCUT2D eigenvalue weighted by Gasteiger charge is -2.15. The Bertz CT molecular complexity index is 1390. The number of fused-ring (bicyclic) bond motifs is 2. The number of aliphatic imine (C=N–C) groups is 1. The number of carbonyl (C=O) groups excluding carboxylic acids is 1. The van der Waals surface area contributed by atoms with E-state index in [1.165, 1.54) is 5.56 Å². The Labute approximate surface area is 197 Å². The molecule has 7 heteroatoms. The molecule has 0 fully saturated rings. The molecule has 1 aliphatic heterocycles. The van der Waals surface area contributed by atoms with Crippen molar-refractivity contribution < 1.29 is 4.79 Å². The van der Waals surface area contributed by atoms with Crippen molar-refractivity contribution in [1.82, 2.24) is 14.5 Å². The van der Waals surface area contributed by atoms with Gasteiger partial charge in [0.05, 0.1) is 28.8 Å². The fourth-order valence-electron chi connectivity index (χ4n) is 4.28. The Morgan fingerprint density at radius 2 is 1.91 bits per heavy atom. The van der Waals surface area contributed by atoms with E-state index in [-0.39, 0.29) is 5.91 Å². The predicted octanol–water partition coefficient (Wildman–Crippen LogP) is 5.15. The third kappa shape index (κ3) is 4.15. The third-order valence-electron chi connectivity index (χ3n) is 5.83. The molecule has 3 aromatic carbocycles. The number of rotatable bonds is 5. The summed E-state index contributed by atoms with van der Waals surface area (Å²) in [7, 11) is 6.05. The van der Waals surface area contributed by atoms with E-state index >= 15 is 0 Å². The van der Waals surface area contributed by atoms with Gasteiger partial charge in [-0.3, -0.25) is 9.79 Å². The number of aryl methyl sites for hydroxylation is 1. The van der Waals surface area contributed by atoms with Crippen LogP contribution in [0.15, 0.2) is 72.0 Å². The topological polar surface area (TPSA) is 62.5 Å². The van der Waals surface area contributed by atoms with E-state index in [1.54, 1.807) is 12.4 Å². The number of aromatic nitrogens is 2. The zero-order valence-electron chi connectivity index (χ0n) is 18.7. The van der Waals surface area contributed by atoms with Crippen molar-refractivity contribution in [3.8, 4) is 0 Å². The van der Waals surface area contributed by atoms with Crippen LogP contribution in [0.1, 0.15) is 22.6 Å². The molecule has 33 heavy (non-hydrogen) atoms. The second-order valence-electron chi connectivity index (χ2n) is 8.61. The van der Waals surface area contributed by atoms with Gasteiger partial charge in [-0.15, -0.1) is 0 Å². The van der Waals surface area contributed by atoms with Crippen LogP contribution < -0.4 is 5.32 Å². The summed E-state index contributed by atoms with van der Waals surface area (Å²) < 4.78 is 1.97. The molecular weight excluding hydrogens is 434 g/mol. The Morgan fingerprint density at radius 1 is 1.12 bits per heavy atom. The van der Waals surface area contributed by atoms with Gasteiger partial charge in [0.15, 0.2) is 0 Å². The standard InChI is InChI=1S/C26H24ClN5O/c1-31(2)14-16-4-8-19(9-5-16)29-25(17-6-11-23-22(12-17)28-15-32(23)3)24-20-10-7-18(27)13-21(20)30-26(24)33/h4-13,15,24H,14H2,1-3H3,(H,30,33). The molecule has 1 aromatic heterocycles. The first-order valence-corrected chi connectivity index (χ1v) is 11.1. The summed E-state index contributed by atoms with van der Waals surface area (Å²) in [6.45, 7) is 0.854. The van der Waals surface area contributed by atoms with E-state index in [0.717, 1.165) is 40.1 Å². The van der Waals surface area contributed by atoms with Gasteiger partial charge in [0.25, 0.3) is 0 Å². The first-order valence-electron chi connectivity index (χ1n) is 10.7. The summed E-state index contributed by atoms with van der Waals surface area (Å²) in [4.78, 5) is 24.7. The average Bonchev–Trinajstić information content (AvgIpc) is 3.31. The van der Waals surface area contributed by atoms with Crippen molar-refractivity contribution in [2.45, 2.75) is 12.5 Å². The minimum absolute atomic E-state index is 0.114. The molecule has 2 heterocycles. The van der Waals surface area contributed by atoms with Crippen molar-refractivity contribution >= 4 is 45.6 Å². The summed E-state index contributed by atoms with van der Waals surface area (Å²) >= 11 is 6.17. The first kappa shape index (κ1) is 21.4. The zero-order chi connectivity index (χ0) is 23.1. The molecule has 1 atom stereocenters. The van der Waals surface area contributed by atoms with Gasteiger partial charge in [-0.2, -0.15) is 0 Å². The van der Waals surface area contributed by atoms with Crippen LogP contribution >= 0.6 is 11.6 Å². The molecule has 1 aliphatic rings. The summed E-state index contributed by atoms with van der Waals surface area (Å²) in [6, 6.07) is 19.6. The average molecular weight is 458 g/mol. The van der Waals surface area contributed by atoms with Gasteiger partial charge in [-0.1, -0.05) is 35.9 Å². The highest BCUT2D eigenvalue weighted by Crippen LogP contribution is 2.38. The fourth-order valence-corrected chi connectivity index (χ4v) is 4.45. The summed E-state index contributed by atoms with van der Waals surface area (Å²) in [5.41, 5.74) is 7.02. The number of benzene rings is 3. The predicted molar refractivity (Wildman–Crippen MR) is 134 cm³/mol. The lowest BCUT2D eigenvalue weighted by atomic mass is 9.90. The van der Waals surface area contributed by atoms with Crippen LogP contribution in [0.3, 0.4) is 0 Å². The van der Waals surface area contributed by atoms with Crippen LogP contribution in [0.2, 0.25) is 5.02 Å². The molecule has 1 unspecified atom stereocenters. The maximum Gasteiger partial charge on any atom is 0.238 e. The molecule has 0 aliphatic carbocycles. The number of anilines is 1. The molecule has 0 saturated carbocycles. The Balaban J connectivity index is 1.64. The van der Waals surface area contributed by atoms with E-state index in [9.17, 15) is 4.79 Å². The third-order valence-corrected chi connectivity index (χ3v) is 6.06. The van der Waals surface area contributed by atoms with Crippen molar-refractivity contribution in [1.29, 1.82) is 0 Å². The van der Waals surface area contributed by atoms with Gasteiger partial charge in [0.1, 0.15) is 5.92 Å². The maximum atomic E-state index is 13.1. The number of halogens is 1. The van der Waals surface area contributed by atoms with Crippen LogP contribution in [0.25, 0.3) is 11.0 Å². The summed E-state index contributed by atoms with van der Waals surface area (Å²) in [6.07, 6.45) is 1.79. The van der Waals surface area contributed by atoms with Crippen molar-refractivity contribution in [3.63, 3.8) is 0 Å². The second kappa shape index (κ2) is 8.46. The highest BCUT2D eigenvalue weighted by atomic mass is 35.5. The molecule has 0 saturated heterocycles. The van der Waals surface area contributed by atoms with E-state index in [1.807, 2.05) is 68.2 Å². The van der Waals surface area contributed by atoms with Gasteiger partial charge in [-0.05, 0) is 67.2 Å². The molecule has 166 valence electrons. The largest absolute Gasteiger partial charge is 0.334 e. The summed E-state index contributed by atoms with van der Waals surface area (Å²) in [5, 5.41) is 3.55. The van der Waals surface area contributed by atoms with Crippen LogP contribution in [0.5, 0.6) is 0 Å². The highest BCUT2D eigenvalue weighted by molar-refractivity contribution is 6.31. The zero-order valence-corrected chi connectivity index (χ0v) is 19.5. The van der Waals surface area contributed by atoms with Crippen molar-refractivity contribution in [3.05, 3.63) is 88.7 Å². The van der Waals surface area contributed by atoms with Gasteiger partial charge >= 0.3 is 0 Å². The fraction of sp³-hybridized carbons (Fsp3) is 0.192. The van der Waals surface area contributed by atoms with E-state index in [0.29, 0.717) is 10.7 Å². The van der Waals surface area contributed by atoms with E-state index < -0.39 is 5.92 Å². The Morgan fingerprint density at radius 3 is 2.67 bits per heavy atom. The number of nitrogens with zero attached hydrogens (tertiary/aromatic N) is 4. The SMILES string of the molecule is CN(C)Cc1ccc(N=C(c2ccc3c(c2)ncn3C)C2C(=O)Nc3cc(Cl)ccc32)cc1. The van der Waals surface area contributed by atoms with Crippen LogP contribution in [0.4, 0.5) is 11.4 Å². The first-order chi connectivity index (χ1) is 15.9. The molecule has 1 amide bonds. The van der Waals surface area contributed by atoms with Crippen LogP contribution in [-0.2, 0) is 18.4 Å². The second-order valence-corrected chi connectivity index (χ2v) is 9.05. The monoisotopic (exact) mass is 457 g/mol. The quantitative estimate of drug-likeness (QED) is 0.422. The molecule has 0 spiro atoms. The number of nitrogens with one attached hydrogen (secondary N) is 1. The molecule has 5 rings (SSSR count). The number of hydrogen-bond acceptors (Lipinski definition) is 4. The number of imidazole rings is 1. The van der Waals surface area contributed by atoms with Gasteiger partial charge < -0.3 is 14.8 Å². The van der Waals surface area contributed by atoms with E-state index in [4.69, 9.17) is 16.6 Å². The van der Waals surface area contributed by atoms with Crippen molar-refractivity contribution in [2.75, 3.05) is 19.4 Å². The molecule has 1 N–H and O–H groups in total. The van der Waals surface area contributed by atoms with Gasteiger partial charge in [0.2, 0.25) is 5.91 Å². The Kier molecular flexibility index (Phi) is 5.48. The molecule has 0 bridgehead atoms. The van der Waals surface area contributed by atoms with Gasteiger partial charge in [-0.25, -0.2) is 4.98 Å². The smallest absolute Gasteiger partial charge is 0.238 e. The van der Waals surface area contributed by atoms with Crippen LogP contribution in [0, 0.1) is 0 Å². The highest BCUT2D eigenvalue weighted by Gasteiger charge is 2.35. The molecule has 6 nitrogen and oxygen atoms in total. The number of hydrogen-bond donors (Lipinski definition) is 1. The summed E-state index contributed by atoms with van der Waals surface area (Å²) in [5.74, 6) is -0.656. The maximum absolute atomic E-state index is 13.1. The Hall–Kier alpha value is -3.48. The lowest BCUT2D eigenvalue weighted by Crippen LogP contribution is -2.22. The normalized spacial score (nSPS) is 15.8. The number of amides is 1. The molecule has 4 aromatic rings. The van der Waals surface area contributed by atoms with Crippen LogP contribution in [-0.4, -0.2) is 40.2 Å². The molecular formula is C26H24ClN5O.